The number of fused-ring (bicyclic) bond motifs is 1. The van der Waals surface area contributed by atoms with Gasteiger partial charge in [0.15, 0.2) is 6.61 Å². The van der Waals surface area contributed by atoms with Gasteiger partial charge in [0.05, 0.1) is 11.8 Å². The number of anilines is 1. The fourth-order valence-electron chi connectivity index (χ4n) is 3.59. The van der Waals surface area contributed by atoms with Gasteiger partial charge in [-0.1, -0.05) is 18.2 Å². The Morgan fingerprint density at radius 3 is 2.29 bits per heavy atom. The number of likely N-dealkylation sites (tertiary alicyclic amines) is 1. The SMILES string of the molecule is Cc1ccc(NC(=O)COC(=O)[C@H](C)N2C(=O)[C@H]3CC=CC[C@H]3C2=O)cc1C. The Balaban J connectivity index is 1.55. The number of rotatable bonds is 5. The maximum absolute atomic E-state index is 12.5. The van der Waals surface area contributed by atoms with Gasteiger partial charge in [0.2, 0.25) is 11.8 Å². The average molecular weight is 384 g/mol. The average Bonchev–Trinajstić information content (AvgIpc) is 2.93. The van der Waals surface area contributed by atoms with Crippen LogP contribution in [0.15, 0.2) is 30.4 Å². The van der Waals surface area contributed by atoms with Gasteiger partial charge in [-0.05, 0) is 56.9 Å². The third-order valence-electron chi connectivity index (χ3n) is 5.41. The highest BCUT2D eigenvalue weighted by Crippen LogP contribution is 2.36. The smallest absolute Gasteiger partial charge is 0.329 e. The van der Waals surface area contributed by atoms with Gasteiger partial charge in [0.25, 0.3) is 5.91 Å². The van der Waals surface area contributed by atoms with E-state index < -0.39 is 36.4 Å². The van der Waals surface area contributed by atoms with Crippen molar-refractivity contribution in [1.82, 2.24) is 4.90 Å². The first-order valence-corrected chi connectivity index (χ1v) is 9.35. The monoisotopic (exact) mass is 384 g/mol. The van der Waals surface area contributed by atoms with E-state index in [1.165, 1.54) is 6.92 Å². The van der Waals surface area contributed by atoms with Crippen molar-refractivity contribution in [2.45, 2.75) is 39.7 Å². The van der Waals surface area contributed by atoms with Gasteiger partial charge in [-0.2, -0.15) is 0 Å². The Labute approximate surface area is 163 Å². The largest absolute Gasteiger partial charge is 0.454 e. The number of ether oxygens (including phenoxy) is 1. The molecule has 3 rings (SSSR count). The van der Waals surface area contributed by atoms with E-state index in [0.717, 1.165) is 16.0 Å². The second kappa shape index (κ2) is 7.96. The van der Waals surface area contributed by atoms with Crippen molar-refractivity contribution >= 4 is 29.4 Å². The molecule has 1 aliphatic heterocycles. The summed E-state index contributed by atoms with van der Waals surface area (Å²) < 4.78 is 5.04. The number of esters is 1. The number of imide groups is 1. The maximum atomic E-state index is 12.5. The zero-order valence-electron chi connectivity index (χ0n) is 16.2. The van der Waals surface area contributed by atoms with Crippen LogP contribution in [0.4, 0.5) is 5.69 Å². The molecule has 1 saturated heterocycles. The normalized spacial score (nSPS) is 22.0. The molecular weight excluding hydrogens is 360 g/mol. The molecule has 0 saturated carbocycles. The number of nitrogens with zero attached hydrogens (tertiary/aromatic N) is 1. The van der Waals surface area contributed by atoms with E-state index in [4.69, 9.17) is 4.74 Å². The van der Waals surface area contributed by atoms with Crippen molar-refractivity contribution in [3.8, 4) is 0 Å². The van der Waals surface area contributed by atoms with Gasteiger partial charge in [-0.25, -0.2) is 4.79 Å². The van der Waals surface area contributed by atoms with Crippen LogP contribution in [0.1, 0.15) is 30.9 Å². The van der Waals surface area contributed by atoms with Crippen LogP contribution >= 0.6 is 0 Å². The minimum atomic E-state index is -1.06. The zero-order valence-corrected chi connectivity index (χ0v) is 16.2. The third kappa shape index (κ3) is 3.83. The Morgan fingerprint density at radius 1 is 1.11 bits per heavy atom. The van der Waals surface area contributed by atoms with Gasteiger partial charge in [0.1, 0.15) is 6.04 Å². The molecular formula is C21H24N2O5. The van der Waals surface area contributed by atoms with Gasteiger partial charge in [-0.3, -0.25) is 19.3 Å². The molecule has 1 N–H and O–H groups in total. The number of nitrogens with one attached hydrogen (secondary N) is 1. The highest BCUT2D eigenvalue weighted by molar-refractivity contribution is 6.08. The Hall–Kier alpha value is -2.96. The van der Waals surface area contributed by atoms with Crippen molar-refractivity contribution in [2.75, 3.05) is 11.9 Å². The van der Waals surface area contributed by atoms with Crippen LogP contribution in [0, 0.1) is 25.7 Å². The van der Waals surface area contributed by atoms with Crippen LogP contribution in [0.2, 0.25) is 0 Å². The van der Waals surface area contributed by atoms with E-state index >= 15 is 0 Å². The van der Waals surface area contributed by atoms with Crippen molar-refractivity contribution in [2.24, 2.45) is 11.8 Å². The molecule has 2 aliphatic rings. The minimum absolute atomic E-state index is 0.344. The van der Waals surface area contributed by atoms with Crippen molar-refractivity contribution in [3.63, 3.8) is 0 Å². The summed E-state index contributed by atoms with van der Waals surface area (Å²) in [6, 6.07) is 4.43. The zero-order chi connectivity index (χ0) is 20.4. The summed E-state index contributed by atoms with van der Waals surface area (Å²) in [7, 11) is 0. The van der Waals surface area contributed by atoms with Crippen LogP contribution in [0.3, 0.4) is 0 Å². The summed E-state index contributed by atoms with van der Waals surface area (Å²) in [4.78, 5) is 50.4. The summed E-state index contributed by atoms with van der Waals surface area (Å²) in [5.74, 6) is -2.75. The number of aryl methyl sites for hydroxylation is 2. The highest BCUT2D eigenvalue weighted by atomic mass is 16.5. The van der Waals surface area contributed by atoms with Gasteiger partial charge in [0, 0.05) is 5.69 Å². The first kappa shape index (κ1) is 19.8. The Morgan fingerprint density at radius 2 is 1.71 bits per heavy atom. The minimum Gasteiger partial charge on any atom is -0.454 e. The van der Waals surface area contributed by atoms with Crippen LogP contribution in [0.25, 0.3) is 0 Å². The number of hydrogen-bond acceptors (Lipinski definition) is 5. The molecule has 0 spiro atoms. The number of amides is 3. The predicted octanol–water partition coefficient (Wildman–Crippen LogP) is 2.12. The van der Waals surface area contributed by atoms with Crippen molar-refractivity contribution in [1.29, 1.82) is 0 Å². The molecule has 7 heteroatoms. The molecule has 0 unspecified atom stereocenters. The topological polar surface area (TPSA) is 92.8 Å². The van der Waals surface area contributed by atoms with Gasteiger partial charge < -0.3 is 10.1 Å². The molecule has 148 valence electrons. The van der Waals surface area contributed by atoms with Gasteiger partial charge in [-0.15, -0.1) is 0 Å². The van der Waals surface area contributed by atoms with E-state index in [1.54, 1.807) is 6.07 Å². The second-order valence-electron chi connectivity index (χ2n) is 7.33. The molecule has 28 heavy (non-hydrogen) atoms. The van der Waals surface area contributed by atoms with E-state index in [1.807, 2.05) is 38.1 Å². The second-order valence-corrected chi connectivity index (χ2v) is 7.33. The molecule has 1 aliphatic carbocycles. The molecule has 1 heterocycles. The number of benzene rings is 1. The molecule has 1 aromatic carbocycles. The lowest BCUT2D eigenvalue weighted by Gasteiger charge is -2.21. The fourth-order valence-corrected chi connectivity index (χ4v) is 3.59. The lowest BCUT2D eigenvalue weighted by Crippen LogP contribution is -2.45. The van der Waals surface area contributed by atoms with E-state index in [2.05, 4.69) is 5.32 Å². The maximum Gasteiger partial charge on any atom is 0.329 e. The Bertz CT molecular complexity index is 834. The number of hydrogen-bond donors (Lipinski definition) is 1. The number of carbonyl (C=O) groups is 4. The number of carbonyl (C=O) groups excluding carboxylic acids is 4. The lowest BCUT2D eigenvalue weighted by atomic mass is 9.85. The highest BCUT2D eigenvalue weighted by Gasteiger charge is 2.50. The molecule has 3 amide bonds. The first-order chi connectivity index (χ1) is 13.3. The van der Waals surface area contributed by atoms with Crippen molar-refractivity contribution < 1.29 is 23.9 Å². The van der Waals surface area contributed by atoms with Crippen LogP contribution < -0.4 is 5.32 Å². The van der Waals surface area contributed by atoms with E-state index in [9.17, 15) is 19.2 Å². The standard InChI is InChI=1S/C21H24N2O5/c1-12-8-9-15(10-13(12)2)22-18(24)11-28-21(27)14(3)23-19(25)16-6-4-5-7-17(16)20(23)26/h4-5,8-10,14,16-17H,6-7,11H2,1-3H3,(H,22,24)/t14-,16-,17+/m0/s1. The van der Waals surface area contributed by atoms with Gasteiger partial charge >= 0.3 is 5.97 Å². The third-order valence-corrected chi connectivity index (χ3v) is 5.41. The number of allylic oxidation sites excluding steroid dienone is 2. The first-order valence-electron chi connectivity index (χ1n) is 9.35. The Kier molecular flexibility index (Phi) is 5.63. The molecule has 7 nitrogen and oxygen atoms in total. The fraction of sp³-hybridized carbons (Fsp3) is 0.429. The quantitative estimate of drug-likeness (QED) is 0.477. The molecule has 1 fully saturated rings. The summed E-state index contributed by atoms with van der Waals surface area (Å²) in [5, 5.41) is 2.66. The molecule has 0 radical (unpaired) electrons. The summed E-state index contributed by atoms with van der Waals surface area (Å²) in [5.41, 5.74) is 2.75. The summed E-state index contributed by atoms with van der Waals surface area (Å²) >= 11 is 0. The molecule has 0 bridgehead atoms. The van der Waals surface area contributed by atoms with Crippen LogP contribution in [-0.4, -0.2) is 41.2 Å². The van der Waals surface area contributed by atoms with E-state index in [-0.39, 0.29) is 11.8 Å². The summed E-state index contributed by atoms with van der Waals surface area (Å²) in [6.07, 6.45) is 4.78. The lowest BCUT2D eigenvalue weighted by molar-refractivity contribution is -0.159. The van der Waals surface area contributed by atoms with Crippen molar-refractivity contribution in [3.05, 3.63) is 41.5 Å². The molecule has 3 atom stereocenters. The van der Waals surface area contributed by atoms with Crippen LogP contribution in [0.5, 0.6) is 0 Å². The van der Waals surface area contributed by atoms with Crippen LogP contribution in [-0.2, 0) is 23.9 Å². The summed E-state index contributed by atoms with van der Waals surface area (Å²) in [6.45, 7) is 4.87. The predicted molar refractivity (Wildman–Crippen MR) is 102 cm³/mol. The molecule has 0 aromatic heterocycles. The van der Waals surface area contributed by atoms with E-state index in [0.29, 0.717) is 18.5 Å². The molecule has 1 aromatic rings.